The highest BCUT2D eigenvalue weighted by Gasteiger charge is 2.23. The first kappa shape index (κ1) is 14.3. The lowest BCUT2D eigenvalue weighted by Gasteiger charge is -2.22. The lowest BCUT2D eigenvalue weighted by atomic mass is 10.2. The van der Waals surface area contributed by atoms with E-state index in [9.17, 15) is 10.1 Å². The summed E-state index contributed by atoms with van der Waals surface area (Å²) in [7, 11) is 0. The molecule has 3 N–H and O–H groups in total. The minimum atomic E-state index is -0.401. The molecular formula is C13H16N4O2S. The van der Waals surface area contributed by atoms with E-state index < -0.39 is 4.92 Å². The molecule has 0 bridgehead atoms. The molecule has 0 saturated heterocycles. The lowest BCUT2D eigenvalue weighted by Crippen LogP contribution is -2.23. The number of nitro groups is 1. The summed E-state index contributed by atoms with van der Waals surface area (Å²) in [5.41, 5.74) is 3.28. The van der Waals surface area contributed by atoms with E-state index in [0.29, 0.717) is 24.5 Å². The van der Waals surface area contributed by atoms with Crippen LogP contribution in [0.4, 0.5) is 17.1 Å². The highest BCUT2D eigenvalue weighted by atomic mass is 32.1. The van der Waals surface area contributed by atoms with E-state index in [1.807, 2.05) is 29.3 Å². The van der Waals surface area contributed by atoms with Crippen molar-refractivity contribution in [1.29, 1.82) is 0 Å². The van der Waals surface area contributed by atoms with Crippen LogP contribution in [0, 0.1) is 10.1 Å². The van der Waals surface area contributed by atoms with Gasteiger partial charge in [0.05, 0.1) is 11.5 Å². The van der Waals surface area contributed by atoms with Crippen LogP contribution in [0.5, 0.6) is 0 Å². The summed E-state index contributed by atoms with van der Waals surface area (Å²) < 4.78 is 0. The molecule has 2 aromatic rings. The number of hydrazine groups is 1. The summed E-state index contributed by atoms with van der Waals surface area (Å²) in [6.45, 7) is 3.29. The summed E-state index contributed by atoms with van der Waals surface area (Å²) in [5, 5.41) is 13.3. The molecule has 20 heavy (non-hydrogen) atoms. The molecule has 1 heterocycles. The monoisotopic (exact) mass is 292 g/mol. The molecular weight excluding hydrogens is 276 g/mol. The van der Waals surface area contributed by atoms with Gasteiger partial charge in [-0.05, 0) is 30.5 Å². The maximum absolute atomic E-state index is 11.3. The molecule has 7 heteroatoms. The Balaban J connectivity index is 2.41. The minimum absolute atomic E-state index is 0.00778. The molecule has 0 fully saturated rings. The van der Waals surface area contributed by atoms with Gasteiger partial charge in [0.1, 0.15) is 11.4 Å². The quantitative estimate of drug-likeness (QED) is 0.486. The summed E-state index contributed by atoms with van der Waals surface area (Å²) in [6, 6.07) is 9.09. The van der Waals surface area contributed by atoms with E-state index in [4.69, 9.17) is 5.84 Å². The van der Waals surface area contributed by atoms with Crippen molar-refractivity contribution in [3.8, 4) is 0 Å². The van der Waals surface area contributed by atoms with E-state index in [1.54, 1.807) is 29.5 Å². The summed E-state index contributed by atoms with van der Waals surface area (Å²) in [6.07, 6.45) is 0. The maximum atomic E-state index is 11.3. The lowest BCUT2D eigenvalue weighted by molar-refractivity contribution is -0.383. The van der Waals surface area contributed by atoms with Gasteiger partial charge in [-0.2, -0.15) is 0 Å². The van der Waals surface area contributed by atoms with Crippen molar-refractivity contribution >= 4 is 28.4 Å². The topological polar surface area (TPSA) is 84.4 Å². The third-order valence-electron chi connectivity index (χ3n) is 3.00. The van der Waals surface area contributed by atoms with Crippen LogP contribution in [0.15, 0.2) is 35.7 Å². The molecule has 1 aromatic heterocycles. The second kappa shape index (κ2) is 6.36. The number of anilines is 2. The number of para-hydroxylation sites is 1. The van der Waals surface area contributed by atoms with Crippen LogP contribution in [0.2, 0.25) is 0 Å². The Morgan fingerprint density at radius 3 is 2.75 bits per heavy atom. The first-order valence-corrected chi connectivity index (χ1v) is 7.06. The number of hydrogen-bond acceptors (Lipinski definition) is 6. The summed E-state index contributed by atoms with van der Waals surface area (Å²) in [4.78, 5) is 14.0. The van der Waals surface area contributed by atoms with Gasteiger partial charge in [-0.15, -0.1) is 11.3 Å². The molecule has 106 valence electrons. The van der Waals surface area contributed by atoms with Gasteiger partial charge >= 0.3 is 5.69 Å². The fourth-order valence-electron chi connectivity index (χ4n) is 2.05. The largest absolute Gasteiger partial charge is 0.361 e. The van der Waals surface area contributed by atoms with E-state index in [2.05, 4.69) is 5.43 Å². The second-order valence-electron chi connectivity index (χ2n) is 4.17. The fourth-order valence-corrected chi connectivity index (χ4v) is 2.77. The minimum Gasteiger partial charge on any atom is -0.361 e. The Bertz CT molecular complexity index is 586. The zero-order valence-corrected chi connectivity index (χ0v) is 11.9. The fraction of sp³-hybridized carbons (Fsp3) is 0.231. The van der Waals surface area contributed by atoms with Gasteiger partial charge in [0.25, 0.3) is 0 Å². The molecule has 1 aromatic carbocycles. The number of nitrogens with zero attached hydrogens (tertiary/aromatic N) is 2. The van der Waals surface area contributed by atoms with Crippen LogP contribution < -0.4 is 16.2 Å². The van der Waals surface area contributed by atoms with Gasteiger partial charge in [0.15, 0.2) is 0 Å². The number of thiophene rings is 1. The Morgan fingerprint density at radius 1 is 1.40 bits per heavy atom. The summed E-state index contributed by atoms with van der Waals surface area (Å²) >= 11 is 1.63. The SMILES string of the molecule is CCN(Cc1cccs1)c1cccc(NN)c1[N+](=O)[O-]. The van der Waals surface area contributed by atoms with E-state index in [1.165, 1.54) is 0 Å². The molecule has 2 rings (SSSR count). The average molecular weight is 292 g/mol. The Hall–Kier alpha value is -2.12. The van der Waals surface area contributed by atoms with Gasteiger partial charge in [-0.25, -0.2) is 0 Å². The van der Waals surface area contributed by atoms with Gasteiger partial charge in [0.2, 0.25) is 0 Å². The van der Waals surface area contributed by atoms with Crippen molar-refractivity contribution in [3.63, 3.8) is 0 Å². The molecule has 0 unspecified atom stereocenters. The van der Waals surface area contributed by atoms with Crippen LogP contribution in [0.3, 0.4) is 0 Å². The predicted molar refractivity (Wildman–Crippen MR) is 81.9 cm³/mol. The van der Waals surface area contributed by atoms with Crippen LogP contribution in [-0.2, 0) is 6.54 Å². The average Bonchev–Trinajstić information content (AvgIpc) is 2.96. The van der Waals surface area contributed by atoms with Crippen LogP contribution >= 0.6 is 11.3 Å². The number of nitrogen functional groups attached to an aromatic ring is 1. The highest BCUT2D eigenvalue weighted by molar-refractivity contribution is 7.09. The predicted octanol–water partition coefficient (Wildman–Crippen LogP) is 2.97. The molecule has 0 radical (unpaired) electrons. The normalized spacial score (nSPS) is 10.3. The molecule has 0 aliphatic heterocycles. The third kappa shape index (κ3) is 2.89. The molecule has 0 saturated carbocycles. The van der Waals surface area contributed by atoms with Crippen LogP contribution in [0.25, 0.3) is 0 Å². The van der Waals surface area contributed by atoms with Gasteiger partial charge in [0, 0.05) is 11.4 Å². The van der Waals surface area contributed by atoms with Gasteiger partial charge < -0.3 is 10.3 Å². The maximum Gasteiger partial charge on any atom is 0.316 e. The third-order valence-corrected chi connectivity index (χ3v) is 3.86. The molecule has 0 spiro atoms. The smallest absolute Gasteiger partial charge is 0.316 e. The van der Waals surface area contributed by atoms with E-state index in [-0.39, 0.29) is 5.69 Å². The van der Waals surface area contributed by atoms with Crippen molar-refractivity contribution in [1.82, 2.24) is 0 Å². The van der Waals surface area contributed by atoms with Crippen molar-refractivity contribution in [2.24, 2.45) is 5.84 Å². The van der Waals surface area contributed by atoms with Crippen LogP contribution in [0.1, 0.15) is 11.8 Å². The van der Waals surface area contributed by atoms with E-state index >= 15 is 0 Å². The Morgan fingerprint density at radius 2 is 2.20 bits per heavy atom. The standard InChI is InChI=1S/C13H16N4O2S/c1-2-16(9-10-5-4-8-20-10)12-7-3-6-11(15-14)13(12)17(18)19/h3-8,15H,2,9,14H2,1H3. The zero-order chi connectivity index (χ0) is 14.5. The zero-order valence-electron chi connectivity index (χ0n) is 11.1. The number of nitrogens with two attached hydrogens (primary N) is 1. The van der Waals surface area contributed by atoms with Crippen molar-refractivity contribution in [2.75, 3.05) is 16.9 Å². The molecule has 0 aliphatic carbocycles. The van der Waals surface area contributed by atoms with E-state index in [0.717, 1.165) is 4.88 Å². The number of benzene rings is 1. The Labute approximate surface area is 120 Å². The highest BCUT2D eigenvalue weighted by Crippen LogP contribution is 2.35. The van der Waals surface area contributed by atoms with Crippen molar-refractivity contribution < 1.29 is 4.92 Å². The second-order valence-corrected chi connectivity index (χ2v) is 5.20. The molecule has 0 aliphatic rings. The molecule has 0 atom stereocenters. The number of rotatable bonds is 6. The van der Waals surface area contributed by atoms with Gasteiger partial charge in [-0.3, -0.25) is 16.0 Å². The summed E-state index contributed by atoms with van der Waals surface area (Å²) in [5.74, 6) is 5.36. The van der Waals surface area contributed by atoms with Crippen molar-refractivity contribution in [2.45, 2.75) is 13.5 Å². The Kier molecular flexibility index (Phi) is 4.54. The number of nitro benzene ring substituents is 1. The molecule has 0 amide bonds. The van der Waals surface area contributed by atoms with Gasteiger partial charge in [-0.1, -0.05) is 12.1 Å². The first-order valence-electron chi connectivity index (χ1n) is 6.18. The number of hydrogen-bond donors (Lipinski definition) is 2. The van der Waals surface area contributed by atoms with Crippen LogP contribution in [-0.4, -0.2) is 11.5 Å². The first-order chi connectivity index (χ1) is 9.67. The van der Waals surface area contributed by atoms with Crippen molar-refractivity contribution in [3.05, 3.63) is 50.7 Å². The molecule has 6 nitrogen and oxygen atoms in total. The number of nitrogens with one attached hydrogen (secondary N) is 1.